The Kier molecular flexibility index (Phi) is 6.67. The van der Waals surface area contributed by atoms with Crippen molar-refractivity contribution in [1.82, 2.24) is 15.5 Å². The SMILES string of the molecule is CN(C)CCC1(c2ccc(C(=O)NC3COCC3NC(=O)c3ccc(Cl)s3)cc2)CC1. The van der Waals surface area contributed by atoms with Gasteiger partial charge in [0.25, 0.3) is 11.8 Å². The van der Waals surface area contributed by atoms with Gasteiger partial charge in [0.15, 0.2) is 0 Å². The second kappa shape index (κ2) is 9.28. The lowest BCUT2D eigenvalue weighted by molar-refractivity contribution is 0.0898. The molecule has 2 unspecified atom stereocenters. The Labute approximate surface area is 191 Å². The van der Waals surface area contributed by atoms with Crippen molar-refractivity contribution in [3.63, 3.8) is 0 Å². The molecule has 2 atom stereocenters. The monoisotopic (exact) mass is 461 g/mol. The number of nitrogens with one attached hydrogen (secondary N) is 2. The lowest BCUT2D eigenvalue weighted by atomic mass is 9.91. The summed E-state index contributed by atoms with van der Waals surface area (Å²) in [5.74, 6) is -0.359. The van der Waals surface area contributed by atoms with Crippen molar-refractivity contribution in [3.8, 4) is 0 Å². The summed E-state index contributed by atoms with van der Waals surface area (Å²) in [4.78, 5) is 28.0. The maximum atomic E-state index is 12.8. The summed E-state index contributed by atoms with van der Waals surface area (Å²) in [6.45, 7) is 1.80. The number of carbonyl (C=O) groups excluding carboxylic acids is 2. The lowest BCUT2D eigenvalue weighted by Crippen LogP contribution is -2.50. The molecule has 0 radical (unpaired) electrons. The number of thiophene rings is 1. The number of carbonyl (C=O) groups is 2. The van der Waals surface area contributed by atoms with E-state index in [2.05, 4.69) is 41.8 Å². The lowest BCUT2D eigenvalue weighted by Gasteiger charge is -2.21. The van der Waals surface area contributed by atoms with E-state index in [1.54, 1.807) is 12.1 Å². The minimum atomic E-state index is -0.280. The van der Waals surface area contributed by atoms with Gasteiger partial charge in [-0.15, -0.1) is 11.3 Å². The zero-order chi connectivity index (χ0) is 22.0. The number of benzene rings is 1. The number of ether oxygens (including phenoxy) is 1. The molecule has 166 valence electrons. The van der Waals surface area contributed by atoms with Crippen molar-refractivity contribution in [3.05, 3.63) is 56.7 Å². The van der Waals surface area contributed by atoms with Crippen LogP contribution < -0.4 is 10.6 Å². The van der Waals surface area contributed by atoms with E-state index in [0.717, 1.165) is 13.0 Å². The highest BCUT2D eigenvalue weighted by atomic mass is 35.5. The number of rotatable bonds is 8. The van der Waals surface area contributed by atoms with Crippen LogP contribution in [0.3, 0.4) is 0 Å². The minimum Gasteiger partial charge on any atom is -0.377 e. The second-order valence-corrected chi connectivity index (χ2v) is 10.4. The Morgan fingerprint density at radius 3 is 2.26 bits per heavy atom. The van der Waals surface area contributed by atoms with E-state index < -0.39 is 0 Å². The fraction of sp³-hybridized carbons (Fsp3) is 0.478. The standard InChI is InChI=1S/C23H28ClN3O3S/c1-27(2)12-11-23(9-10-23)16-5-3-15(4-6-16)21(28)25-17-13-30-14-18(17)26-22(29)19-7-8-20(24)31-19/h3-8,17-18H,9-14H2,1-2H3,(H,25,28)(H,26,29). The Hall–Kier alpha value is -1.93. The third-order valence-corrected chi connectivity index (χ3v) is 7.39. The van der Waals surface area contributed by atoms with Crippen molar-refractivity contribution in [1.29, 1.82) is 0 Å². The maximum absolute atomic E-state index is 12.8. The molecule has 8 heteroatoms. The molecule has 2 aliphatic rings. The summed E-state index contributed by atoms with van der Waals surface area (Å²) in [6, 6.07) is 10.8. The molecule has 0 spiro atoms. The van der Waals surface area contributed by atoms with Crippen LogP contribution in [0.4, 0.5) is 0 Å². The van der Waals surface area contributed by atoms with Crippen molar-refractivity contribution in [2.45, 2.75) is 36.8 Å². The molecule has 2 aromatic rings. The molecule has 1 aliphatic heterocycles. The Morgan fingerprint density at radius 2 is 1.71 bits per heavy atom. The molecule has 1 saturated heterocycles. The topological polar surface area (TPSA) is 70.7 Å². The van der Waals surface area contributed by atoms with E-state index in [0.29, 0.717) is 28.0 Å². The molecule has 2 N–H and O–H groups in total. The summed E-state index contributed by atoms with van der Waals surface area (Å²) in [5.41, 5.74) is 2.21. The number of amides is 2. The van der Waals surface area contributed by atoms with Gasteiger partial charge in [-0.3, -0.25) is 9.59 Å². The third-order valence-electron chi connectivity index (χ3n) is 6.16. The van der Waals surface area contributed by atoms with Crippen LogP contribution in [0.15, 0.2) is 36.4 Å². The fourth-order valence-corrected chi connectivity index (χ4v) is 4.96. The van der Waals surface area contributed by atoms with E-state index >= 15 is 0 Å². The van der Waals surface area contributed by atoms with Crippen molar-refractivity contribution < 1.29 is 14.3 Å². The van der Waals surface area contributed by atoms with E-state index in [9.17, 15) is 9.59 Å². The van der Waals surface area contributed by atoms with Crippen molar-refractivity contribution in [2.75, 3.05) is 33.9 Å². The number of hydrogen-bond donors (Lipinski definition) is 2. The molecule has 2 fully saturated rings. The van der Waals surface area contributed by atoms with Crippen LogP contribution in [-0.4, -0.2) is 62.7 Å². The first kappa shape index (κ1) is 22.3. The van der Waals surface area contributed by atoms with Crippen LogP contribution in [0.25, 0.3) is 0 Å². The van der Waals surface area contributed by atoms with Gasteiger partial charge in [-0.1, -0.05) is 23.7 Å². The highest BCUT2D eigenvalue weighted by Gasteiger charge is 2.43. The van der Waals surface area contributed by atoms with Gasteiger partial charge in [0.2, 0.25) is 0 Å². The fourth-order valence-electron chi connectivity index (χ4n) is 4.01. The molecule has 4 rings (SSSR count). The molecule has 1 aromatic carbocycles. The average Bonchev–Trinajstić information content (AvgIpc) is 3.23. The first-order valence-corrected chi connectivity index (χ1v) is 11.8. The van der Waals surface area contributed by atoms with Gasteiger partial charge >= 0.3 is 0 Å². The van der Waals surface area contributed by atoms with Crippen molar-refractivity contribution in [2.24, 2.45) is 0 Å². The normalized spacial score (nSPS) is 21.8. The average molecular weight is 462 g/mol. The van der Waals surface area contributed by atoms with Crippen LogP contribution in [0.5, 0.6) is 0 Å². The molecule has 31 heavy (non-hydrogen) atoms. The number of halogens is 1. The van der Waals surface area contributed by atoms with E-state index in [-0.39, 0.29) is 29.3 Å². The summed E-state index contributed by atoms with van der Waals surface area (Å²) in [7, 11) is 4.20. The molecule has 2 amide bonds. The van der Waals surface area contributed by atoms with Gasteiger partial charge in [-0.2, -0.15) is 0 Å². The molecular weight excluding hydrogens is 434 g/mol. The maximum Gasteiger partial charge on any atom is 0.261 e. The molecular formula is C23H28ClN3O3S. The largest absolute Gasteiger partial charge is 0.377 e. The zero-order valence-corrected chi connectivity index (χ0v) is 19.4. The number of nitrogens with zero attached hydrogens (tertiary/aromatic N) is 1. The number of hydrogen-bond acceptors (Lipinski definition) is 5. The van der Waals surface area contributed by atoms with Crippen LogP contribution in [-0.2, 0) is 10.2 Å². The van der Waals surface area contributed by atoms with E-state index in [1.165, 1.54) is 29.7 Å². The molecule has 1 saturated carbocycles. The van der Waals surface area contributed by atoms with Gasteiger partial charge < -0.3 is 20.3 Å². The molecule has 1 aliphatic carbocycles. The summed E-state index contributed by atoms with van der Waals surface area (Å²) in [6.07, 6.45) is 3.56. The molecule has 6 nitrogen and oxygen atoms in total. The second-order valence-electron chi connectivity index (χ2n) is 8.71. The van der Waals surface area contributed by atoms with Gasteiger partial charge in [-0.25, -0.2) is 0 Å². The quantitative estimate of drug-likeness (QED) is 0.632. The predicted molar refractivity (Wildman–Crippen MR) is 123 cm³/mol. The first-order chi connectivity index (χ1) is 14.9. The van der Waals surface area contributed by atoms with Gasteiger partial charge in [0, 0.05) is 5.56 Å². The highest BCUT2D eigenvalue weighted by Crippen LogP contribution is 2.51. The van der Waals surface area contributed by atoms with Crippen LogP contribution in [0, 0.1) is 0 Å². The van der Waals surface area contributed by atoms with E-state index in [4.69, 9.17) is 16.3 Å². The minimum absolute atomic E-state index is 0.154. The highest BCUT2D eigenvalue weighted by molar-refractivity contribution is 7.18. The van der Waals surface area contributed by atoms with Crippen molar-refractivity contribution >= 4 is 34.8 Å². The molecule has 2 heterocycles. The Morgan fingerprint density at radius 1 is 1.06 bits per heavy atom. The summed E-state index contributed by atoms with van der Waals surface area (Å²) in [5, 5.41) is 5.96. The summed E-state index contributed by atoms with van der Waals surface area (Å²) >= 11 is 7.14. The zero-order valence-electron chi connectivity index (χ0n) is 17.8. The third kappa shape index (κ3) is 5.29. The van der Waals surface area contributed by atoms with Crippen LogP contribution >= 0.6 is 22.9 Å². The van der Waals surface area contributed by atoms with Gasteiger partial charge in [0.05, 0.1) is 34.5 Å². The predicted octanol–water partition coefficient (Wildman–Crippen LogP) is 3.31. The molecule has 0 bridgehead atoms. The van der Waals surface area contributed by atoms with Crippen LogP contribution in [0.2, 0.25) is 4.34 Å². The first-order valence-electron chi connectivity index (χ1n) is 10.6. The van der Waals surface area contributed by atoms with Gasteiger partial charge in [0.1, 0.15) is 0 Å². The van der Waals surface area contributed by atoms with Gasteiger partial charge in [-0.05, 0) is 75.1 Å². The summed E-state index contributed by atoms with van der Waals surface area (Å²) < 4.78 is 6.08. The van der Waals surface area contributed by atoms with Crippen LogP contribution in [0.1, 0.15) is 44.9 Å². The smallest absolute Gasteiger partial charge is 0.261 e. The van der Waals surface area contributed by atoms with E-state index in [1.807, 2.05) is 12.1 Å². The Bertz CT molecular complexity index is 940. The molecule has 1 aromatic heterocycles. The Balaban J connectivity index is 1.34.